The van der Waals surface area contributed by atoms with Crippen molar-refractivity contribution in [2.24, 2.45) is 0 Å². The number of aryl methyl sites for hydroxylation is 3. The summed E-state index contributed by atoms with van der Waals surface area (Å²) < 4.78 is 5.33. The van der Waals surface area contributed by atoms with Gasteiger partial charge in [-0.25, -0.2) is 4.98 Å². The van der Waals surface area contributed by atoms with Gasteiger partial charge >= 0.3 is 5.97 Å². The van der Waals surface area contributed by atoms with Crippen LogP contribution in [0.1, 0.15) is 23.4 Å². The monoisotopic (exact) mass is 322 g/mol. The highest BCUT2D eigenvalue weighted by Crippen LogP contribution is 2.17. The van der Waals surface area contributed by atoms with Crippen LogP contribution in [0.3, 0.4) is 0 Å². The number of rotatable bonds is 4. The van der Waals surface area contributed by atoms with E-state index in [1.807, 2.05) is 32.0 Å². The molecule has 3 rings (SSSR count). The molecule has 122 valence electrons. The van der Waals surface area contributed by atoms with Gasteiger partial charge < -0.3 is 9.72 Å². The van der Waals surface area contributed by atoms with Crippen LogP contribution in [0.4, 0.5) is 0 Å². The number of carbonyl (C=O) groups excluding carboxylic acids is 1. The third kappa shape index (κ3) is 3.51. The Morgan fingerprint density at radius 1 is 1.12 bits per heavy atom. The van der Waals surface area contributed by atoms with E-state index < -0.39 is 0 Å². The smallest absolute Gasteiger partial charge is 0.311 e. The molecule has 1 N–H and O–H groups in total. The number of benzene rings is 2. The van der Waals surface area contributed by atoms with E-state index in [0.717, 1.165) is 11.1 Å². The highest BCUT2D eigenvalue weighted by molar-refractivity contribution is 5.77. The molecule has 1 heterocycles. The number of ether oxygens (including phenoxy) is 1. The van der Waals surface area contributed by atoms with Crippen molar-refractivity contribution in [1.29, 1.82) is 0 Å². The van der Waals surface area contributed by atoms with E-state index in [2.05, 4.69) is 9.97 Å². The van der Waals surface area contributed by atoms with Gasteiger partial charge in [0, 0.05) is 6.42 Å². The van der Waals surface area contributed by atoms with Crippen LogP contribution in [0.2, 0.25) is 0 Å². The van der Waals surface area contributed by atoms with Gasteiger partial charge in [0.25, 0.3) is 5.56 Å². The maximum absolute atomic E-state index is 12.0. The van der Waals surface area contributed by atoms with Crippen molar-refractivity contribution in [3.8, 4) is 5.75 Å². The van der Waals surface area contributed by atoms with Crippen molar-refractivity contribution in [3.63, 3.8) is 0 Å². The SMILES string of the molecule is Cc1ccc(OC(=O)CCc2nc3ccccc3c(=O)[nH]2)cc1C. The fraction of sp³-hybridized carbons (Fsp3) is 0.211. The van der Waals surface area contributed by atoms with Crippen molar-refractivity contribution in [1.82, 2.24) is 9.97 Å². The number of para-hydroxylation sites is 1. The molecule has 0 radical (unpaired) electrons. The number of aromatic nitrogens is 2. The van der Waals surface area contributed by atoms with Crippen LogP contribution in [-0.2, 0) is 11.2 Å². The molecule has 5 nitrogen and oxygen atoms in total. The summed E-state index contributed by atoms with van der Waals surface area (Å²) in [5.41, 5.74) is 2.64. The summed E-state index contributed by atoms with van der Waals surface area (Å²) in [6.07, 6.45) is 0.470. The fourth-order valence-corrected chi connectivity index (χ4v) is 2.43. The topological polar surface area (TPSA) is 72.0 Å². The van der Waals surface area contributed by atoms with Crippen LogP contribution >= 0.6 is 0 Å². The number of H-pyrrole nitrogens is 1. The third-order valence-electron chi connectivity index (χ3n) is 3.94. The van der Waals surface area contributed by atoms with Gasteiger partial charge in [-0.3, -0.25) is 9.59 Å². The molecule has 0 unspecified atom stereocenters. The Bertz CT molecular complexity index is 960. The number of esters is 1. The Morgan fingerprint density at radius 2 is 1.92 bits per heavy atom. The predicted molar refractivity (Wildman–Crippen MR) is 92.2 cm³/mol. The molecule has 0 atom stereocenters. The zero-order valence-corrected chi connectivity index (χ0v) is 13.6. The zero-order valence-electron chi connectivity index (χ0n) is 13.6. The second-order valence-corrected chi connectivity index (χ2v) is 5.75. The Balaban J connectivity index is 1.68. The summed E-state index contributed by atoms with van der Waals surface area (Å²) in [7, 11) is 0. The van der Waals surface area contributed by atoms with E-state index in [9.17, 15) is 9.59 Å². The molecule has 0 spiro atoms. The number of hydrogen-bond acceptors (Lipinski definition) is 4. The predicted octanol–water partition coefficient (Wildman–Crippen LogP) is 3.08. The summed E-state index contributed by atoms with van der Waals surface area (Å²) in [5.74, 6) is 0.660. The van der Waals surface area contributed by atoms with E-state index in [1.165, 1.54) is 0 Å². The molecule has 0 amide bonds. The average Bonchev–Trinajstić information content (AvgIpc) is 2.56. The highest BCUT2D eigenvalue weighted by atomic mass is 16.5. The Labute approximate surface area is 139 Å². The standard InChI is InChI=1S/C19H18N2O3/c1-12-7-8-14(11-13(12)2)24-18(22)10-9-17-20-16-6-4-3-5-15(16)19(23)21-17/h3-8,11H,9-10H2,1-2H3,(H,20,21,23). The Morgan fingerprint density at radius 3 is 2.71 bits per heavy atom. The number of carbonyl (C=O) groups is 1. The molecule has 1 aromatic heterocycles. The molecular weight excluding hydrogens is 304 g/mol. The normalized spacial score (nSPS) is 10.8. The quantitative estimate of drug-likeness (QED) is 0.592. The van der Waals surface area contributed by atoms with Crippen molar-refractivity contribution in [3.05, 3.63) is 69.8 Å². The van der Waals surface area contributed by atoms with Crippen LogP contribution in [0.5, 0.6) is 5.75 Å². The van der Waals surface area contributed by atoms with Crippen molar-refractivity contribution >= 4 is 16.9 Å². The van der Waals surface area contributed by atoms with E-state index in [4.69, 9.17) is 4.74 Å². The first-order valence-corrected chi connectivity index (χ1v) is 7.79. The average molecular weight is 322 g/mol. The minimum Gasteiger partial charge on any atom is -0.427 e. The summed E-state index contributed by atoms with van der Waals surface area (Å²) in [5, 5.41) is 0.541. The van der Waals surface area contributed by atoms with E-state index >= 15 is 0 Å². The second kappa shape index (κ2) is 6.66. The number of nitrogens with zero attached hydrogens (tertiary/aromatic N) is 1. The van der Waals surface area contributed by atoms with E-state index in [1.54, 1.807) is 24.3 Å². The van der Waals surface area contributed by atoms with Crippen LogP contribution < -0.4 is 10.3 Å². The summed E-state index contributed by atoms with van der Waals surface area (Å²) in [4.78, 5) is 31.1. The van der Waals surface area contributed by atoms with Crippen LogP contribution in [0.15, 0.2) is 47.3 Å². The number of nitrogens with one attached hydrogen (secondary N) is 1. The molecule has 2 aromatic carbocycles. The zero-order chi connectivity index (χ0) is 17.1. The van der Waals surface area contributed by atoms with Crippen LogP contribution in [0.25, 0.3) is 10.9 Å². The molecule has 0 aliphatic rings. The van der Waals surface area contributed by atoms with Gasteiger partial charge in [-0.1, -0.05) is 18.2 Å². The van der Waals surface area contributed by atoms with Gasteiger partial charge in [0.05, 0.1) is 17.3 Å². The second-order valence-electron chi connectivity index (χ2n) is 5.75. The maximum atomic E-state index is 12.0. The van der Waals surface area contributed by atoms with Gasteiger partial charge in [-0.2, -0.15) is 0 Å². The Hall–Kier alpha value is -2.95. The minimum absolute atomic E-state index is 0.147. The largest absolute Gasteiger partial charge is 0.427 e. The Kier molecular flexibility index (Phi) is 4.42. The molecule has 0 saturated carbocycles. The van der Waals surface area contributed by atoms with Crippen molar-refractivity contribution in [2.75, 3.05) is 0 Å². The first kappa shape index (κ1) is 15.9. The van der Waals surface area contributed by atoms with Gasteiger partial charge in [-0.15, -0.1) is 0 Å². The van der Waals surface area contributed by atoms with Crippen LogP contribution in [-0.4, -0.2) is 15.9 Å². The summed E-state index contributed by atoms with van der Waals surface area (Å²) >= 11 is 0. The van der Waals surface area contributed by atoms with Gasteiger partial charge in [0.15, 0.2) is 0 Å². The summed E-state index contributed by atoms with van der Waals surface area (Å²) in [6.45, 7) is 3.97. The van der Waals surface area contributed by atoms with Gasteiger partial charge in [0.2, 0.25) is 0 Å². The lowest BCUT2D eigenvalue weighted by atomic mass is 10.1. The highest BCUT2D eigenvalue weighted by Gasteiger charge is 2.09. The molecule has 24 heavy (non-hydrogen) atoms. The molecule has 0 aliphatic heterocycles. The lowest BCUT2D eigenvalue weighted by Crippen LogP contribution is -2.15. The van der Waals surface area contributed by atoms with Gasteiger partial charge in [-0.05, 0) is 49.2 Å². The van der Waals surface area contributed by atoms with Crippen LogP contribution in [0, 0.1) is 13.8 Å². The van der Waals surface area contributed by atoms with Gasteiger partial charge in [0.1, 0.15) is 11.6 Å². The lowest BCUT2D eigenvalue weighted by molar-refractivity contribution is -0.134. The molecule has 5 heteroatoms. The van der Waals surface area contributed by atoms with E-state index in [-0.39, 0.29) is 17.9 Å². The fourth-order valence-electron chi connectivity index (χ4n) is 2.43. The molecule has 0 bridgehead atoms. The van der Waals surface area contributed by atoms with Crippen molar-refractivity contribution < 1.29 is 9.53 Å². The molecule has 0 saturated heterocycles. The third-order valence-corrected chi connectivity index (χ3v) is 3.94. The molecule has 3 aromatic rings. The number of hydrogen-bond donors (Lipinski definition) is 1. The molecule has 0 fully saturated rings. The number of aromatic amines is 1. The van der Waals surface area contributed by atoms with Crippen molar-refractivity contribution in [2.45, 2.75) is 26.7 Å². The molecular formula is C19H18N2O3. The first-order chi connectivity index (χ1) is 11.5. The summed E-state index contributed by atoms with van der Waals surface area (Å²) in [6, 6.07) is 12.6. The lowest BCUT2D eigenvalue weighted by Gasteiger charge is -2.07. The maximum Gasteiger partial charge on any atom is 0.311 e. The van der Waals surface area contributed by atoms with E-state index in [0.29, 0.717) is 28.9 Å². The molecule has 0 aliphatic carbocycles. The number of fused-ring (bicyclic) bond motifs is 1. The first-order valence-electron chi connectivity index (χ1n) is 7.79. The minimum atomic E-state index is -0.353.